The molecule has 2 amide bonds. The van der Waals surface area contributed by atoms with Crippen LogP contribution in [-0.2, 0) is 9.47 Å². The van der Waals surface area contributed by atoms with Crippen LogP contribution in [-0.4, -0.2) is 57.5 Å². The van der Waals surface area contributed by atoms with Gasteiger partial charge in [0, 0.05) is 35.2 Å². The van der Waals surface area contributed by atoms with Crippen LogP contribution in [0.3, 0.4) is 0 Å². The highest BCUT2D eigenvalue weighted by molar-refractivity contribution is 5.71. The molecule has 2 aliphatic carbocycles. The number of nitrogens with two attached hydrogens (primary N) is 1. The molecule has 0 unspecified atom stereocenters. The van der Waals surface area contributed by atoms with Crippen LogP contribution in [0, 0.1) is 42.3 Å². The number of aromatic nitrogens is 2. The van der Waals surface area contributed by atoms with Gasteiger partial charge < -0.3 is 41.8 Å². The van der Waals surface area contributed by atoms with Gasteiger partial charge >= 0.3 is 12.2 Å². The van der Waals surface area contributed by atoms with Gasteiger partial charge in [0.15, 0.2) is 0 Å². The molecule has 2 heterocycles. The lowest BCUT2D eigenvalue weighted by Crippen LogP contribution is -2.50. The highest BCUT2D eigenvalue weighted by Crippen LogP contribution is 2.28. The first-order valence-electron chi connectivity index (χ1n) is 21.5. The fourth-order valence-corrected chi connectivity index (χ4v) is 7.00. The van der Waals surface area contributed by atoms with Gasteiger partial charge in [0.2, 0.25) is 0 Å². The highest BCUT2D eigenvalue weighted by Gasteiger charge is 2.29. The lowest BCUT2D eigenvalue weighted by molar-refractivity contribution is 0.0475. The van der Waals surface area contributed by atoms with E-state index in [-0.39, 0.29) is 42.2 Å². The molecule has 2 aliphatic rings. The Morgan fingerprint density at radius 2 is 1.13 bits per heavy atom. The summed E-state index contributed by atoms with van der Waals surface area (Å²) in [5.74, 6) is 0.891. The molecule has 0 aliphatic heterocycles. The van der Waals surface area contributed by atoms with Crippen molar-refractivity contribution < 1.29 is 23.5 Å². The molecule has 14 nitrogen and oxygen atoms in total. The number of nitrogens with one attached hydrogen (secondary N) is 5. The molecule has 4 atom stereocenters. The third-order valence-corrected chi connectivity index (χ3v) is 9.89. The topological polar surface area (TPSA) is 212 Å². The summed E-state index contributed by atoms with van der Waals surface area (Å²) in [5.41, 5.74) is 9.63. The van der Waals surface area contributed by atoms with Crippen LogP contribution < -0.4 is 32.3 Å². The van der Waals surface area contributed by atoms with E-state index in [1.54, 1.807) is 12.1 Å². The molecule has 2 aromatic heterocycles. The number of pyridine rings is 2. The van der Waals surface area contributed by atoms with Crippen LogP contribution in [0.4, 0.5) is 42.7 Å². The van der Waals surface area contributed by atoms with E-state index < -0.39 is 11.2 Å². The summed E-state index contributed by atoms with van der Waals surface area (Å²) in [6, 6.07) is 25.2. The monoisotopic (exact) mass is 863 g/mol. The number of alkyl carbamates (subject to hydrolysis) is 2. The van der Waals surface area contributed by atoms with E-state index in [4.69, 9.17) is 20.5 Å². The Labute approximate surface area is 371 Å². The molecule has 0 radical (unpaired) electrons. The first-order valence-corrected chi connectivity index (χ1v) is 21.5. The van der Waals surface area contributed by atoms with Gasteiger partial charge in [0.1, 0.15) is 40.8 Å². The molecule has 0 spiro atoms. The van der Waals surface area contributed by atoms with Crippen LogP contribution in [0.15, 0.2) is 72.8 Å². The van der Waals surface area contributed by atoms with Gasteiger partial charge in [-0.05, 0) is 142 Å². The lowest BCUT2D eigenvalue weighted by atomic mass is 9.90. The zero-order chi connectivity index (χ0) is 46.2. The van der Waals surface area contributed by atoms with Gasteiger partial charge in [0.25, 0.3) is 0 Å². The lowest BCUT2D eigenvalue weighted by Gasteiger charge is -2.34. The third kappa shape index (κ3) is 17.4. The van der Waals surface area contributed by atoms with Crippen LogP contribution in [0.5, 0.6) is 0 Å². The molecule has 63 heavy (non-hydrogen) atoms. The quantitative estimate of drug-likeness (QED) is 0.0977. The van der Waals surface area contributed by atoms with E-state index in [0.29, 0.717) is 34.1 Å². The summed E-state index contributed by atoms with van der Waals surface area (Å²) < 4.78 is 23.7. The predicted molar refractivity (Wildman–Crippen MR) is 245 cm³/mol. The smallest absolute Gasteiger partial charge is 0.407 e. The van der Waals surface area contributed by atoms with Crippen molar-refractivity contribution in [2.24, 2.45) is 5.73 Å². The van der Waals surface area contributed by atoms with E-state index in [2.05, 4.69) is 42.6 Å². The van der Waals surface area contributed by atoms with Crippen molar-refractivity contribution in [3.8, 4) is 12.1 Å². The summed E-state index contributed by atoms with van der Waals surface area (Å²) in [6.45, 7) is 14.9. The maximum atomic E-state index is 13.1. The summed E-state index contributed by atoms with van der Waals surface area (Å²) in [6.07, 6.45) is 7.50. The van der Waals surface area contributed by atoms with Gasteiger partial charge in [-0.3, -0.25) is 0 Å². The van der Waals surface area contributed by atoms with Gasteiger partial charge in [-0.15, -0.1) is 0 Å². The number of benzene rings is 2. The molecule has 0 bridgehead atoms. The Kier molecular flexibility index (Phi) is 18.1. The van der Waals surface area contributed by atoms with E-state index in [1.807, 2.05) is 104 Å². The van der Waals surface area contributed by atoms with Crippen molar-refractivity contribution in [2.75, 3.05) is 16.0 Å². The summed E-state index contributed by atoms with van der Waals surface area (Å²) >= 11 is 0. The van der Waals surface area contributed by atoms with Crippen LogP contribution >= 0.6 is 0 Å². The minimum Gasteiger partial charge on any atom is -0.444 e. The molecule has 7 N–H and O–H groups in total. The second-order valence-corrected chi connectivity index (χ2v) is 17.7. The highest BCUT2D eigenvalue weighted by atomic mass is 19.1. The fourth-order valence-electron chi connectivity index (χ4n) is 7.00. The number of carbonyl (C=O) groups excluding carboxylic acids is 2. The van der Waals surface area contributed by atoms with Crippen molar-refractivity contribution in [1.29, 1.82) is 10.5 Å². The van der Waals surface area contributed by atoms with Crippen molar-refractivity contribution in [3.05, 3.63) is 101 Å². The Morgan fingerprint density at radius 3 is 1.62 bits per heavy atom. The largest absolute Gasteiger partial charge is 0.444 e. The first-order chi connectivity index (χ1) is 29.8. The normalized spacial score (nSPS) is 18.2. The summed E-state index contributed by atoms with van der Waals surface area (Å²) in [4.78, 5) is 32.5. The molecule has 6 rings (SSSR count). The van der Waals surface area contributed by atoms with Crippen molar-refractivity contribution in [2.45, 2.75) is 142 Å². The maximum absolute atomic E-state index is 13.1. The summed E-state index contributed by atoms with van der Waals surface area (Å²) in [5, 5.41) is 34.0. The zero-order valence-corrected chi connectivity index (χ0v) is 37.8. The maximum Gasteiger partial charge on any atom is 0.407 e. The number of hydrogen-bond donors (Lipinski definition) is 6. The Morgan fingerprint density at radius 1 is 0.667 bits per heavy atom. The number of nitriles is 2. The predicted octanol–water partition coefficient (Wildman–Crippen LogP) is 10.2. The number of nitrogens with zero attached hydrogens (tertiary/aromatic N) is 4. The molecule has 2 saturated carbocycles. The fraction of sp³-hybridized carbons (Fsp3) is 0.458. The minimum atomic E-state index is -0.529. The minimum absolute atomic E-state index is 0.0194. The van der Waals surface area contributed by atoms with Crippen molar-refractivity contribution >= 4 is 40.9 Å². The number of halogens is 1. The van der Waals surface area contributed by atoms with Gasteiger partial charge in [0.05, 0.1) is 28.5 Å². The van der Waals surface area contributed by atoms with Crippen molar-refractivity contribution in [1.82, 2.24) is 20.6 Å². The molecular formula is C48H63FN10O4. The SMILES string of the molecule is CC(C)(C)OC(=O)N[C@H]1CCCC[C@H]1N.Cc1cccc(Nc2cc(F)ccc2C#N)n1.Cc1cccc(Nc2cc(N[C@@H]3CCCC[C@@H]3NC(=O)OC(C)(C)C)ccc2C#N)n1. The number of hydrogen-bond acceptors (Lipinski definition) is 12. The van der Waals surface area contributed by atoms with Gasteiger partial charge in [-0.2, -0.15) is 10.5 Å². The Hall–Kier alpha value is -6.45. The molecule has 4 aromatic rings. The van der Waals surface area contributed by atoms with Gasteiger partial charge in [-0.25, -0.2) is 23.9 Å². The zero-order valence-electron chi connectivity index (χ0n) is 37.8. The number of carbonyl (C=O) groups is 2. The average Bonchev–Trinajstić information content (AvgIpc) is 3.19. The number of ether oxygens (including phenoxy) is 2. The molecular weight excluding hydrogens is 800 g/mol. The van der Waals surface area contributed by atoms with E-state index >= 15 is 0 Å². The molecule has 2 fully saturated rings. The third-order valence-electron chi connectivity index (χ3n) is 9.89. The molecule has 2 aromatic carbocycles. The standard InChI is InChI=1S/C24H31N5O2.C13H10FN3.C11H22N2O2/c1-16-8-7-11-22(26-16)28-21-14-18(13-12-17(21)15-25)27-19-9-5-6-10-20(19)29-23(30)31-24(2,3)4;1-9-3-2-4-13(16-9)17-12-7-11(14)6-5-10(12)8-15;1-11(2,3)15-10(14)13-9-7-5-4-6-8(9)12/h7-8,11-14,19-20,27H,5-6,9-10H2,1-4H3,(H,26,28)(H,29,30);2-7H,1H3,(H,16,17);8-9H,4-7,12H2,1-3H3,(H,13,14)/t19-,20+;;8-,9+/m1.1/s1. The second kappa shape index (κ2) is 23.1. The molecule has 15 heteroatoms. The number of rotatable bonds is 8. The number of amides is 2. The van der Waals surface area contributed by atoms with E-state index in [1.165, 1.54) is 18.2 Å². The van der Waals surface area contributed by atoms with E-state index in [9.17, 15) is 19.2 Å². The molecule has 336 valence electrons. The van der Waals surface area contributed by atoms with Crippen LogP contribution in [0.2, 0.25) is 0 Å². The summed E-state index contributed by atoms with van der Waals surface area (Å²) in [7, 11) is 0. The van der Waals surface area contributed by atoms with Gasteiger partial charge in [-0.1, -0.05) is 37.8 Å². The van der Waals surface area contributed by atoms with Crippen molar-refractivity contribution in [3.63, 3.8) is 0 Å². The Bertz CT molecular complexity index is 2230. The van der Waals surface area contributed by atoms with Crippen LogP contribution in [0.1, 0.15) is 115 Å². The Balaban J connectivity index is 0.000000229. The van der Waals surface area contributed by atoms with Crippen LogP contribution in [0.25, 0.3) is 0 Å². The average molecular weight is 863 g/mol. The van der Waals surface area contributed by atoms with E-state index in [0.717, 1.165) is 68.4 Å². The molecule has 0 saturated heterocycles. The number of aryl methyl sites for hydroxylation is 2. The first kappa shape index (κ1) is 49.2. The number of anilines is 5. The second-order valence-electron chi connectivity index (χ2n) is 17.7.